The van der Waals surface area contributed by atoms with Gasteiger partial charge in [-0.3, -0.25) is 9.59 Å². The van der Waals surface area contributed by atoms with Gasteiger partial charge in [0, 0.05) is 18.8 Å². The van der Waals surface area contributed by atoms with E-state index in [9.17, 15) is 9.59 Å². The van der Waals surface area contributed by atoms with Gasteiger partial charge >= 0.3 is 0 Å². The lowest BCUT2D eigenvalue weighted by atomic mass is 10.1. The van der Waals surface area contributed by atoms with E-state index in [0.717, 1.165) is 38.9 Å². The molecular weight excluding hydrogens is 376 g/mol. The molecule has 5 nitrogen and oxygen atoms in total. The van der Waals surface area contributed by atoms with Crippen molar-refractivity contribution in [2.45, 2.75) is 13.8 Å². The van der Waals surface area contributed by atoms with Crippen molar-refractivity contribution in [3.63, 3.8) is 0 Å². The predicted octanol–water partition coefficient (Wildman–Crippen LogP) is 4.58. The van der Waals surface area contributed by atoms with Gasteiger partial charge < -0.3 is 15.0 Å². The Kier molecular flexibility index (Phi) is 6.52. The molecule has 0 fully saturated rings. The van der Waals surface area contributed by atoms with Crippen molar-refractivity contribution in [2.75, 3.05) is 26.0 Å². The molecule has 0 aromatic heterocycles. The second-order valence-electron chi connectivity index (χ2n) is 7.30. The number of ether oxygens (including phenoxy) is 1. The summed E-state index contributed by atoms with van der Waals surface area (Å²) in [5.41, 5.74) is 3.81. The minimum absolute atomic E-state index is 0.0198. The van der Waals surface area contributed by atoms with Crippen LogP contribution in [0, 0.1) is 13.8 Å². The molecule has 0 bridgehead atoms. The highest BCUT2D eigenvalue weighted by molar-refractivity contribution is 5.98. The molecule has 154 valence electrons. The summed E-state index contributed by atoms with van der Waals surface area (Å²) in [4.78, 5) is 26.1. The van der Waals surface area contributed by atoms with Gasteiger partial charge in [0.25, 0.3) is 0 Å². The summed E-state index contributed by atoms with van der Waals surface area (Å²) in [6.07, 6.45) is 3.24. The number of anilines is 1. The maximum Gasteiger partial charge on any atom is 0.246 e. The lowest BCUT2D eigenvalue weighted by Crippen LogP contribution is -2.34. The highest BCUT2D eigenvalue weighted by atomic mass is 16.5. The van der Waals surface area contributed by atoms with Gasteiger partial charge in [0.1, 0.15) is 5.75 Å². The fourth-order valence-corrected chi connectivity index (χ4v) is 3.14. The standard InChI is InChI=1S/C25H26N2O3/c1-17-6-5-7-23(18(17)2)26-24(28)16-27(3)25(29)13-9-19-8-10-21-15-22(30-4)12-11-20(21)14-19/h5-15H,16H2,1-4H3,(H,26,28)/b13-9+. The number of hydrogen-bond donors (Lipinski definition) is 1. The first-order valence-corrected chi connectivity index (χ1v) is 9.74. The molecule has 30 heavy (non-hydrogen) atoms. The lowest BCUT2D eigenvalue weighted by molar-refractivity contribution is -0.129. The van der Waals surface area contributed by atoms with E-state index >= 15 is 0 Å². The van der Waals surface area contributed by atoms with Crippen molar-refractivity contribution in [1.82, 2.24) is 4.90 Å². The Morgan fingerprint density at radius 1 is 1.03 bits per heavy atom. The van der Waals surface area contributed by atoms with Gasteiger partial charge in [0.2, 0.25) is 11.8 Å². The molecule has 1 N–H and O–H groups in total. The fourth-order valence-electron chi connectivity index (χ4n) is 3.14. The van der Waals surface area contributed by atoms with Crippen LogP contribution in [0.4, 0.5) is 5.69 Å². The molecule has 0 heterocycles. The number of carbonyl (C=O) groups is 2. The summed E-state index contributed by atoms with van der Waals surface area (Å²) in [5, 5.41) is 5.00. The fraction of sp³-hybridized carbons (Fsp3) is 0.200. The van der Waals surface area contributed by atoms with Gasteiger partial charge in [-0.05, 0) is 71.7 Å². The quantitative estimate of drug-likeness (QED) is 0.614. The van der Waals surface area contributed by atoms with Crippen LogP contribution in [-0.4, -0.2) is 37.4 Å². The Hall–Kier alpha value is -3.60. The highest BCUT2D eigenvalue weighted by Gasteiger charge is 2.12. The zero-order valence-electron chi connectivity index (χ0n) is 17.7. The molecule has 0 aliphatic carbocycles. The highest BCUT2D eigenvalue weighted by Crippen LogP contribution is 2.22. The smallest absolute Gasteiger partial charge is 0.246 e. The summed E-state index contributed by atoms with van der Waals surface area (Å²) in [5.74, 6) is 0.343. The summed E-state index contributed by atoms with van der Waals surface area (Å²) in [6.45, 7) is 3.94. The van der Waals surface area contributed by atoms with E-state index in [2.05, 4.69) is 5.32 Å². The molecule has 0 spiro atoms. The van der Waals surface area contributed by atoms with Crippen LogP contribution in [0.3, 0.4) is 0 Å². The third-order valence-electron chi connectivity index (χ3n) is 5.13. The number of carbonyl (C=O) groups excluding carboxylic acids is 2. The molecular formula is C25H26N2O3. The van der Waals surface area contributed by atoms with E-state index in [-0.39, 0.29) is 18.4 Å². The Morgan fingerprint density at radius 3 is 2.53 bits per heavy atom. The van der Waals surface area contributed by atoms with E-state index in [0.29, 0.717) is 0 Å². The third kappa shape index (κ3) is 5.06. The first-order chi connectivity index (χ1) is 14.4. The Balaban J connectivity index is 1.62. The zero-order chi connectivity index (χ0) is 21.7. The van der Waals surface area contributed by atoms with E-state index in [4.69, 9.17) is 4.74 Å². The van der Waals surface area contributed by atoms with Crippen LogP contribution in [-0.2, 0) is 9.59 Å². The van der Waals surface area contributed by atoms with Crippen molar-refractivity contribution in [3.8, 4) is 5.75 Å². The summed E-state index contributed by atoms with van der Waals surface area (Å²) in [6, 6.07) is 17.5. The molecule has 0 saturated carbocycles. The van der Waals surface area contributed by atoms with Crippen LogP contribution >= 0.6 is 0 Å². The van der Waals surface area contributed by atoms with Crippen molar-refractivity contribution in [1.29, 1.82) is 0 Å². The Labute approximate surface area is 177 Å². The largest absolute Gasteiger partial charge is 0.497 e. The van der Waals surface area contributed by atoms with Gasteiger partial charge in [-0.15, -0.1) is 0 Å². The van der Waals surface area contributed by atoms with Crippen LogP contribution in [0.25, 0.3) is 16.8 Å². The number of amides is 2. The van der Waals surface area contributed by atoms with Crippen LogP contribution in [0.5, 0.6) is 5.75 Å². The average Bonchev–Trinajstić information content (AvgIpc) is 2.74. The minimum Gasteiger partial charge on any atom is -0.497 e. The number of fused-ring (bicyclic) bond motifs is 1. The Bertz CT molecular complexity index is 1120. The van der Waals surface area contributed by atoms with E-state index in [1.165, 1.54) is 11.0 Å². The number of rotatable bonds is 6. The molecule has 3 rings (SSSR count). The topological polar surface area (TPSA) is 58.6 Å². The summed E-state index contributed by atoms with van der Waals surface area (Å²) >= 11 is 0. The minimum atomic E-state index is -0.235. The van der Waals surface area contributed by atoms with Crippen LogP contribution in [0.1, 0.15) is 16.7 Å². The number of likely N-dealkylation sites (N-methyl/N-ethyl adjacent to an activating group) is 1. The predicted molar refractivity (Wildman–Crippen MR) is 122 cm³/mol. The molecule has 0 radical (unpaired) electrons. The van der Waals surface area contributed by atoms with E-state index in [1.807, 2.05) is 68.4 Å². The molecule has 0 saturated heterocycles. The number of hydrogen-bond acceptors (Lipinski definition) is 3. The lowest BCUT2D eigenvalue weighted by Gasteiger charge is -2.16. The van der Waals surface area contributed by atoms with Crippen LogP contribution in [0.2, 0.25) is 0 Å². The van der Waals surface area contributed by atoms with E-state index < -0.39 is 0 Å². The van der Waals surface area contributed by atoms with Crippen LogP contribution in [0.15, 0.2) is 60.7 Å². The maximum atomic E-state index is 12.4. The molecule has 0 atom stereocenters. The van der Waals surface area contributed by atoms with Gasteiger partial charge in [-0.1, -0.05) is 30.3 Å². The first kappa shape index (κ1) is 21.1. The summed E-state index contributed by atoms with van der Waals surface area (Å²) in [7, 11) is 3.25. The molecule has 0 aliphatic rings. The number of nitrogens with zero attached hydrogens (tertiary/aromatic N) is 1. The second-order valence-corrected chi connectivity index (χ2v) is 7.30. The number of aryl methyl sites for hydroxylation is 1. The number of nitrogens with one attached hydrogen (secondary N) is 1. The van der Waals surface area contributed by atoms with Gasteiger partial charge in [0.05, 0.1) is 13.7 Å². The van der Waals surface area contributed by atoms with Gasteiger partial charge in [-0.25, -0.2) is 0 Å². The van der Waals surface area contributed by atoms with Crippen molar-refractivity contribution in [2.24, 2.45) is 0 Å². The number of methoxy groups -OCH3 is 1. The Morgan fingerprint density at radius 2 is 1.77 bits per heavy atom. The van der Waals surface area contributed by atoms with Crippen molar-refractivity contribution < 1.29 is 14.3 Å². The first-order valence-electron chi connectivity index (χ1n) is 9.74. The monoisotopic (exact) mass is 402 g/mol. The second kappa shape index (κ2) is 9.27. The average molecular weight is 402 g/mol. The molecule has 0 unspecified atom stereocenters. The summed E-state index contributed by atoms with van der Waals surface area (Å²) < 4.78 is 5.24. The normalized spacial score (nSPS) is 10.9. The van der Waals surface area contributed by atoms with E-state index in [1.54, 1.807) is 20.2 Å². The van der Waals surface area contributed by atoms with Crippen LogP contribution < -0.4 is 10.1 Å². The maximum absolute atomic E-state index is 12.4. The van der Waals surface area contributed by atoms with Gasteiger partial charge in [-0.2, -0.15) is 0 Å². The zero-order valence-corrected chi connectivity index (χ0v) is 17.7. The molecule has 0 aliphatic heterocycles. The molecule has 3 aromatic carbocycles. The molecule has 5 heteroatoms. The van der Waals surface area contributed by atoms with Crippen molar-refractivity contribution >= 4 is 34.4 Å². The van der Waals surface area contributed by atoms with Gasteiger partial charge in [0.15, 0.2) is 0 Å². The van der Waals surface area contributed by atoms with Crippen molar-refractivity contribution in [3.05, 3.63) is 77.4 Å². The molecule has 2 amide bonds. The number of benzene rings is 3. The third-order valence-corrected chi connectivity index (χ3v) is 5.13. The SMILES string of the molecule is COc1ccc2cc(/C=C/C(=O)N(C)CC(=O)Nc3cccc(C)c3C)ccc2c1. The molecule has 3 aromatic rings.